The van der Waals surface area contributed by atoms with Gasteiger partial charge in [0.1, 0.15) is 11.5 Å². The first-order chi connectivity index (χ1) is 12.9. The molecular weight excluding hydrogens is 352 g/mol. The van der Waals surface area contributed by atoms with Crippen molar-refractivity contribution in [3.8, 4) is 5.75 Å². The Balaban J connectivity index is 1.86. The van der Waals surface area contributed by atoms with Crippen molar-refractivity contribution in [2.45, 2.75) is 38.0 Å². The first-order valence-corrected chi connectivity index (χ1v) is 9.04. The molecule has 146 valence electrons. The molecule has 3 rings (SSSR count). The van der Waals surface area contributed by atoms with Crippen LogP contribution in [0.15, 0.2) is 24.3 Å². The number of hydrogen-bond acceptors (Lipinski definition) is 5. The molecule has 1 aromatic carbocycles. The molecule has 0 aliphatic carbocycles. The third kappa shape index (κ3) is 3.49. The van der Waals surface area contributed by atoms with Crippen molar-refractivity contribution >= 4 is 17.8 Å². The zero-order valence-electron chi connectivity index (χ0n) is 15.5. The average Bonchev–Trinajstić information content (AvgIpc) is 3.06. The molecule has 2 aliphatic rings. The molecule has 0 aromatic heterocycles. The van der Waals surface area contributed by atoms with Gasteiger partial charge in [-0.2, -0.15) is 0 Å². The van der Waals surface area contributed by atoms with Crippen LogP contribution in [0.1, 0.15) is 36.5 Å². The van der Waals surface area contributed by atoms with E-state index in [9.17, 15) is 19.5 Å². The number of benzene rings is 1. The Morgan fingerprint density at radius 3 is 2.37 bits per heavy atom. The molecule has 0 unspecified atom stereocenters. The van der Waals surface area contributed by atoms with Crippen molar-refractivity contribution in [3.05, 3.63) is 29.8 Å². The van der Waals surface area contributed by atoms with Crippen molar-refractivity contribution in [2.24, 2.45) is 0 Å². The van der Waals surface area contributed by atoms with E-state index in [1.807, 2.05) is 0 Å². The molecule has 1 N–H and O–H groups in total. The highest BCUT2D eigenvalue weighted by atomic mass is 16.5. The number of carboxylic acids is 1. The SMILES string of the molecule is CCC(=O)N1CCC2(CC1)OC[C@@H](C(=O)O)N2C(=O)c1ccc(OC)cc1. The second kappa shape index (κ2) is 7.56. The molecule has 8 nitrogen and oxygen atoms in total. The summed E-state index contributed by atoms with van der Waals surface area (Å²) < 4.78 is 11.0. The minimum atomic E-state index is -1.10. The summed E-state index contributed by atoms with van der Waals surface area (Å²) in [6.07, 6.45) is 1.20. The number of rotatable bonds is 4. The van der Waals surface area contributed by atoms with Gasteiger partial charge in [-0.25, -0.2) is 4.79 Å². The largest absolute Gasteiger partial charge is 0.497 e. The Hall–Kier alpha value is -2.61. The molecule has 1 aromatic rings. The Morgan fingerprint density at radius 1 is 1.22 bits per heavy atom. The molecule has 2 heterocycles. The van der Waals surface area contributed by atoms with Gasteiger partial charge < -0.3 is 19.5 Å². The Morgan fingerprint density at radius 2 is 1.85 bits per heavy atom. The van der Waals surface area contributed by atoms with Gasteiger partial charge in [0.25, 0.3) is 5.91 Å². The second-order valence-corrected chi connectivity index (χ2v) is 6.75. The highest BCUT2D eigenvalue weighted by Crippen LogP contribution is 2.38. The highest BCUT2D eigenvalue weighted by molar-refractivity contribution is 5.97. The van der Waals surface area contributed by atoms with Crippen LogP contribution in [0.25, 0.3) is 0 Å². The molecule has 0 bridgehead atoms. The fourth-order valence-corrected chi connectivity index (χ4v) is 3.76. The lowest BCUT2D eigenvalue weighted by Gasteiger charge is -2.44. The van der Waals surface area contributed by atoms with Crippen LogP contribution < -0.4 is 4.74 Å². The van der Waals surface area contributed by atoms with Crippen LogP contribution in [0.2, 0.25) is 0 Å². The second-order valence-electron chi connectivity index (χ2n) is 6.75. The van der Waals surface area contributed by atoms with Gasteiger partial charge in [-0.3, -0.25) is 14.5 Å². The van der Waals surface area contributed by atoms with Crippen LogP contribution in [0.4, 0.5) is 0 Å². The lowest BCUT2D eigenvalue weighted by atomic mass is 9.96. The monoisotopic (exact) mass is 376 g/mol. The van der Waals surface area contributed by atoms with Gasteiger partial charge in [-0.05, 0) is 24.3 Å². The maximum absolute atomic E-state index is 13.2. The van der Waals surface area contributed by atoms with E-state index in [4.69, 9.17) is 9.47 Å². The van der Waals surface area contributed by atoms with E-state index in [0.717, 1.165) is 0 Å². The van der Waals surface area contributed by atoms with Crippen LogP contribution in [0, 0.1) is 0 Å². The standard InChI is InChI=1S/C19H24N2O6/c1-3-16(22)20-10-8-19(9-11-20)21(15(12-27-19)18(24)25)17(23)13-4-6-14(26-2)7-5-13/h4-7,15H,3,8-12H2,1-2H3,(H,24,25)/t15-/m0/s1. The number of likely N-dealkylation sites (tertiary alicyclic amines) is 1. The molecule has 27 heavy (non-hydrogen) atoms. The van der Waals surface area contributed by atoms with Crippen molar-refractivity contribution in [1.82, 2.24) is 9.80 Å². The summed E-state index contributed by atoms with van der Waals surface area (Å²) >= 11 is 0. The van der Waals surface area contributed by atoms with Crippen LogP contribution in [0.5, 0.6) is 5.75 Å². The third-order valence-corrected chi connectivity index (χ3v) is 5.30. The minimum Gasteiger partial charge on any atom is -0.497 e. The van der Waals surface area contributed by atoms with Crippen molar-refractivity contribution in [2.75, 3.05) is 26.8 Å². The first kappa shape index (κ1) is 19.2. The predicted molar refractivity (Wildman–Crippen MR) is 95.4 cm³/mol. The van der Waals surface area contributed by atoms with Gasteiger partial charge in [0, 0.05) is 37.9 Å². The zero-order chi connectivity index (χ0) is 19.6. The molecular formula is C19H24N2O6. The summed E-state index contributed by atoms with van der Waals surface area (Å²) in [5.74, 6) is -0.829. The van der Waals surface area contributed by atoms with Crippen molar-refractivity contribution in [3.63, 3.8) is 0 Å². The lowest BCUT2D eigenvalue weighted by molar-refractivity contribution is -0.147. The number of piperidine rings is 1. The molecule has 2 aliphatic heterocycles. The van der Waals surface area contributed by atoms with E-state index in [1.54, 1.807) is 36.1 Å². The van der Waals surface area contributed by atoms with E-state index >= 15 is 0 Å². The molecule has 2 fully saturated rings. The van der Waals surface area contributed by atoms with E-state index < -0.39 is 23.6 Å². The number of ether oxygens (including phenoxy) is 2. The third-order valence-electron chi connectivity index (χ3n) is 5.30. The van der Waals surface area contributed by atoms with Crippen LogP contribution in [-0.2, 0) is 14.3 Å². The first-order valence-electron chi connectivity index (χ1n) is 9.04. The van der Waals surface area contributed by atoms with Gasteiger partial charge >= 0.3 is 5.97 Å². The number of carbonyl (C=O) groups excluding carboxylic acids is 2. The number of aliphatic carboxylic acids is 1. The van der Waals surface area contributed by atoms with Crippen LogP contribution in [0.3, 0.4) is 0 Å². The quantitative estimate of drug-likeness (QED) is 0.852. The Bertz CT molecular complexity index is 724. The van der Waals surface area contributed by atoms with Gasteiger partial charge in [-0.15, -0.1) is 0 Å². The summed E-state index contributed by atoms with van der Waals surface area (Å²) in [4.78, 5) is 39.9. The van der Waals surface area contributed by atoms with E-state index in [0.29, 0.717) is 43.7 Å². The molecule has 8 heteroatoms. The number of hydrogen-bond donors (Lipinski definition) is 1. The predicted octanol–water partition coefficient (Wildman–Crippen LogP) is 1.35. The summed E-state index contributed by atoms with van der Waals surface area (Å²) in [5, 5.41) is 9.60. The maximum atomic E-state index is 13.2. The van der Waals surface area contributed by atoms with Gasteiger partial charge in [-0.1, -0.05) is 6.92 Å². The lowest BCUT2D eigenvalue weighted by Crippen LogP contribution is -2.58. The van der Waals surface area contributed by atoms with E-state index in [-0.39, 0.29) is 12.5 Å². The maximum Gasteiger partial charge on any atom is 0.328 e. The smallest absolute Gasteiger partial charge is 0.328 e. The Kier molecular flexibility index (Phi) is 5.36. The molecule has 1 atom stereocenters. The fraction of sp³-hybridized carbons (Fsp3) is 0.526. The summed E-state index contributed by atoms with van der Waals surface area (Å²) in [5.41, 5.74) is -0.621. The van der Waals surface area contributed by atoms with E-state index in [1.165, 1.54) is 12.0 Å². The van der Waals surface area contributed by atoms with Gasteiger partial charge in [0.15, 0.2) is 6.04 Å². The molecule has 2 saturated heterocycles. The summed E-state index contributed by atoms with van der Waals surface area (Å²) in [6.45, 7) is 2.62. The number of amides is 2. The molecule has 1 spiro atoms. The molecule has 0 radical (unpaired) electrons. The molecule has 2 amide bonds. The normalized spacial score (nSPS) is 21.3. The number of nitrogens with zero attached hydrogens (tertiary/aromatic N) is 2. The van der Waals surface area contributed by atoms with E-state index in [2.05, 4.69) is 0 Å². The van der Waals surface area contributed by atoms with Crippen LogP contribution in [-0.4, -0.2) is 71.3 Å². The van der Waals surface area contributed by atoms with Crippen molar-refractivity contribution in [1.29, 1.82) is 0 Å². The number of methoxy groups -OCH3 is 1. The van der Waals surface area contributed by atoms with Crippen molar-refractivity contribution < 1.29 is 29.0 Å². The van der Waals surface area contributed by atoms with Crippen LogP contribution >= 0.6 is 0 Å². The zero-order valence-corrected chi connectivity index (χ0v) is 15.5. The molecule has 0 saturated carbocycles. The van der Waals surface area contributed by atoms with Gasteiger partial charge in [0.05, 0.1) is 13.7 Å². The number of carbonyl (C=O) groups is 3. The minimum absolute atomic E-state index is 0.0469. The number of carboxylic acid groups (broad SMARTS) is 1. The summed E-state index contributed by atoms with van der Waals surface area (Å²) in [6, 6.07) is 5.50. The highest BCUT2D eigenvalue weighted by Gasteiger charge is 2.54. The van der Waals surface area contributed by atoms with Gasteiger partial charge in [0.2, 0.25) is 5.91 Å². The Labute approximate surface area is 157 Å². The topological polar surface area (TPSA) is 96.4 Å². The summed E-state index contributed by atoms with van der Waals surface area (Å²) in [7, 11) is 1.53. The fourth-order valence-electron chi connectivity index (χ4n) is 3.76. The average molecular weight is 376 g/mol.